The Bertz CT molecular complexity index is 1260. The highest BCUT2D eigenvalue weighted by molar-refractivity contribution is 7.91. The lowest BCUT2D eigenvalue weighted by atomic mass is 10.1. The number of hydrogen-bond donors (Lipinski definition) is 3. The first-order valence-corrected chi connectivity index (χ1v) is 12.0. The average Bonchev–Trinajstić information content (AvgIpc) is 3.18. The van der Waals surface area contributed by atoms with E-state index in [1.165, 1.54) is 12.1 Å². The zero-order valence-corrected chi connectivity index (χ0v) is 19.0. The summed E-state index contributed by atoms with van der Waals surface area (Å²) in [4.78, 5) is 8.19. The summed E-state index contributed by atoms with van der Waals surface area (Å²) in [6, 6.07) is 4.50. The third-order valence-electron chi connectivity index (χ3n) is 4.46. The standard InChI is InChI=1S/C19H21F3N6O2S2.3H2/c1-18(2,3)28-32(29,30)15-7-6-13(31-15)17-23-9-11(19(20,21)22)16(25-17)24-14-8-12(26-27-14)10-4-5-10;;;/h6-10,28H,4-5H2,1-3H3,(H2,23,24,25,26,27);3*1H. The molecule has 178 valence electrons. The molecule has 13 heteroatoms. The molecule has 0 atom stereocenters. The van der Waals surface area contributed by atoms with Crippen LogP contribution >= 0.6 is 11.3 Å². The number of sulfonamides is 1. The molecule has 0 radical (unpaired) electrons. The van der Waals surface area contributed by atoms with Crippen LogP contribution in [-0.4, -0.2) is 34.1 Å². The first kappa shape index (κ1) is 22.7. The van der Waals surface area contributed by atoms with Crippen LogP contribution in [0.2, 0.25) is 0 Å². The lowest BCUT2D eigenvalue weighted by molar-refractivity contribution is -0.137. The normalized spacial score (nSPS) is 15.2. The molecule has 0 unspecified atom stereocenters. The van der Waals surface area contributed by atoms with Gasteiger partial charge in [0.1, 0.15) is 15.6 Å². The van der Waals surface area contributed by atoms with Crippen molar-refractivity contribution in [3.63, 3.8) is 0 Å². The Morgan fingerprint density at radius 2 is 1.94 bits per heavy atom. The first-order chi connectivity index (χ1) is 14.8. The molecule has 3 aromatic heterocycles. The average molecular weight is 493 g/mol. The molecule has 3 aromatic rings. The molecule has 3 N–H and O–H groups in total. The second-order valence-electron chi connectivity index (χ2n) is 8.54. The van der Waals surface area contributed by atoms with Gasteiger partial charge in [0.15, 0.2) is 11.6 Å². The third kappa shape index (κ3) is 5.10. The van der Waals surface area contributed by atoms with Crippen molar-refractivity contribution in [3.05, 3.63) is 35.7 Å². The number of anilines is 2. The van der Waals surface area contributed by atoms with Crippen molar-refractivity contribution < 1.29 is 25.9 Å². The van der Waals surface area contributed by atoms with Gasteiger partial charge in [0.25, 0.3) is 10.0 Å². The molecule has 1 saturated carbocycles. The fourth-order valence-corrected chi connectivity index (χ4v) is 5.63. The Morgan fingerprint density at radius 3 is 2.56 bits per heavy atom. The van der Waals surface area contributed by atoms with E-state index in [1.54, 1.807) is 26.8 Å². The number of thiophene rings is 1. The van der Waals surface area contributed by atoms with Gasteiger partial charge in [0, 0.05) is 33.7 Å². The number of aromatic amines is 1. The molecule has 1 aliphatic rings. The van der Waals surface area contributed by atoms with E-state index in [2.05, 4.69) is 30.2 Å². The van der Waals surface area contributed by atoms with Gasteiger partial charge in [0.2, 0.25) is 0 Å². The van der Waals surface area contributed by atoms with E-state index in [0.29, 0.717) is 17.0 Å². The molecular weight excluding hydrogens is 465 g/mol. The van der Waals surface area contributed by atoms with Gasteiger partial charge in [-0.05, 0) is 45.7 Å². The number of hydrogen-bond acceptors (Lipinski definition) is 7. The molecule has 8 nitrogen and oxygen atoms in total. The molecule has 0 aliphatic heterocycles. The fourth-order valence-electron chi connectivity index (χ4n) is 2.97. The Balaban J connectivity index is 0.00000204. The number of H-pyrrole nitrogens is 1. The highest BCUT2D eigenvalue weighted by atomic mass is 32.2. The summed E-state index contributed by atoms with van der Waals surface area (Å²) in [7, 11) is -3.79. The minimum Gasteiger partial charge on any atom is -0.323 e. The van der Waals surface area contributed by atoms with Crippen molar-refractivity contribution in [2.45, 2.75) is 55.5 Å². The van der Waals surface area contributed by atoms with Crippen LogP contribution < -0.4 is 10.0 Å². The van der Waals surface area contributed by atoms with E-state index in [-0.39, 0.29) is 20.1 Å². The van der Waals surface area contributed by atoms with Gasteiger partial charge in [-0.15, -0.1) is 11.3 Å². The van der Waals surface area contributed by atoms with Crippen LogP contribution in [0.3, 0.4) is 0 Å². The molecule has 0 spiro atoms. The molecule has 1 fully saturated rings. The zero-order chi connectivity index (χ0) is 23.3. The van der Waals surface area contributed by atoms with E-state index in [4.69, 9.17) is 0 Å². The van der Waals surface area contributed by atoms with E-state index in [1.807, 2.05) is 0 Å². The second-order valence-corrected chi connectivity index (χ2v) is 11.5. The Morgan fingerprint density at radius 1 is 1.22 bits per heavy atom. The SMILES string of the molecule is CC(C)(C)NS(=O)(=O)c1ccc(-c2ncc(C(F)(F)F)c(Nc3cc(C4CC4)[nH]n3)n2)s1.[HH].[HH].[HH]. The Labute approximate surface area is 191 Å². The molecule has 3 heterocycles. The van der Waals surface area contributed by atoms with Crippen LogP contribution in [0.1, 0.15) is 55.1 Å². The van der Waals surface area contributed by atoms with E-state index >= 15 is 0 Å². The van der Waals surface area contributed by atoms with Crippen molar-refractivity contribution in [2.75, 3.05) is 5.32 Å². The highest BCUT2D eigenvalue weighted by Gasteiger charge is 2.36. The Hall–Kier alpha value is -2.51. The lowest BCUT2D eigenvalue weighted by Gasteiger charge is -2.19. The molecule has 0 bridgehead atoms. The largest absolute Gasteiger partial charge is 0.421 e. The highest BCUT2D eigenvalue weighted by Crippen LogP contribution is 2.40. The first-order valence-electron chi connectivity index (χ1n) is 9.72. The number of halogens is 3. The molecule has 4 rings (SSSR count). The van der Waals surface area contributed by atoms with Gasteiger partial charge < -0.3 is 5.32 Å². The molecule has 0 aromatic carbocycles. The van der Waals surface area contributed by atoms with Crippen LogP contribution in [0.25, 0.3) is 10.7 Å². The molecule has 1 aliphatic carbocycles. The van der Waals surface area contributed by atoms with Gasteiger partial charge >= 0.3 is 6.18 Å². The van der Waals surface area contributed by atoms with Crippen molar-refractivity contribution in [3.8, 4) is 10.7 Å². The van der Waals surface area contributed by atoms with Crippen LogP contribution in [0, 0.1) is 0 Å². The fraction of sp³-hybridized carbons (Fsp3) is 0.421. The number of rotatable bonds is 6. The van der Waals surface area contributed by atoms with Crippen molar-refractivity contribution in [1.29, 1.82) is 0 Å². The maximum atomic E-state index is 13.5. The predicted octanol–water partition coefficient (Wildman–Crippen LogP) is 5.38. The van der Waals surface area contributed by atoms with Gasteiger partial charge in [-0.1, -0.05) is 0 Å². The summed E-state index contributed by atoms with van der Waals surface area (Å²) in [5, 5.41) is 9.46. The quantitative estimate of drug-likeness (QED) is 0.426. The van der Waals surface area contributed by atoms with E-state index in [9.17, 15) is 21.6 Å². The zero-order valence-electron chi connectivity index (χ0n) is 17.4. The van der Waals surface area contributed by atoms with Gasteiger partial charge in [-0.2, -0.15) is 18.3 Å². The summed E-state index contributed by atoms with van der Waals surface area (Å²) in [5.41, 5.74) is -0.876. The molecule has 0 amide bonds. The molecule has 0 saturated heterocycles. The van der Waals surface area contributed by atoms with Crippen molar-refractivity contribution >= 4 is 33.0 Å². The minimum atomic E-state index is -4.68. The van der Waals surface area contributed by atoms with Crippen molar-refractivity contribution in [2.24, 2.45) is 0 Å². The Kier molecular flexibility index (Phi) is 5.54. The summed E-state index contributed by atoms with van der Waals surface area (Å²) in [6.07, 6.45) is -1.97. The maximum absolute atomic E-state index is 13.5. The number of alkyl halides is 3. The summed E-state index contributed by atoms with van der Waals surface area (Å²) in [5.74, 6) is 0.0859. The van der Waals surface area contributed by atoms with Crippen LogP contribution in [0.15, 0.2) is 28.6 Å². The third-order valence-corrected chi connectivity index (χ3v) is 7.79. The summed E-state index contributed by atoms with van der Waals surface area (Å²) in [6.45, 7) is 5.12. The summed E-state index contributed by atoms with van der Waals surface area (Å²) < 4.78 is 68.2. The lowest BCUT2D eigenvalue weighted by Crippen LogP contribution is -2.40. The molecule has 32 heavy (non-hydrogen) atoms. The van der Waals surface area contributed by atoms with Gasteiger partial charge in [-0.25, -0.2) is 23.1 Å². The number of aromatic nitrogens is 4. The predicted molar refractivity (Wildman–Crippen MR) is 121 cm³/mol. The van der Waals surface area contributed by atoms with Gasteiger partial charge in [-0.3, -0.25) is 5.10 Å². The maximum Gasteiger partial charge on any atom is 0.421 e. The smallest absolute Gasteiger partial charge is 0.323 e. The minimum absolute atomic E-state index is 0. The number of nitrogens with one attached hydrogen (secondary N) is 3. The topological polar surface area (TPSA) is 113 Å². The second kappa shape index (κ2) is 7.81. The van der Waals surface area contributed by atoms with Gasteiger partial charge in [0.05, 0.1) is 4.88 Å². The van der Waals surface area contributed by atoms with E-state index in [0.717, 1.165) is 29.9 Å². The summed E-state index contributed by atoms with van der Waals surface area (Å²) >= 11 is 0.872. The van der Waals surface area contributed by atoms with Crippen LogP contribution in [0.4, 0.5) is 24.8 Å². The monoisotopic (exact) mass is 492 g/mol. The van der Waals surface area contributed by atoms with Crippen LogP contribution in [0.5, 0.6) is 0 Å². The van der Waals surface area contributed by atoms with E-state index < -0.39 is 33.1 Å². The van der Waals surface area contributed by atoms with Crippen molar-refractivity contribution in [1.82, 2.24) is 24.9 Å². The number of nitrogens with zero attached hydrogens (tertiary/aromatic N) is 3. The molecular formula is C19H27F3N6O2S2. The van der Waals surface area contributed by atoms with Crippen LogP contribution in [-0.2, 0) is 16.2 Å².